The van der Waals surface area contributed by atoms with Gasteiger partial charge in [-0.05, 0) is 62.6 Å². The number of hydrogen-bond acceptors (Lipinski definition) is 3. The van der Waals surface area contributed by atoms with Gasteiger partial charge in [-0.3, -0.25) is 14.5 Å². The molecule has 1 aliphatic rings. The Kier molecular flexibility index (Phi) is 5.75. The van der Waals surface area contributed by atoms with Gasteiger partial charge in [0.05, 0.1) is 18.2 Å². The molecule has 3 aromatic heterocycles. The third kappa shape index (κ3) is 4.30. The summed E-state index contributed by atoms with van der Waals surface area (Å²) in [4.78, 5) is 23.3. The maximum Gasteiger partial charge on any atom is 0.227 e. The van der Waals surface area contributed by atoms with Crippen molar-refractivity contribution in [2.45, 2.75) is 46.1 Å². The van der Waals surface area contributed by atoms with Gasteiger partial charge in [-0.2, -0.15) is 5.10 Å². The van der Waals surface area contributed by atoms with E-state index in [1.54, 1.807) is 0 Å². The van der Waals surface area contributed by atoms with Crippen molar-refractivity contribution in [1.29, 1.82) is 0 Å². The lowest BCUT2D eigenvalue weighted by Gasteiger charge is -2.34. The van der Waals surface area contributed by atoms with Crippen LogP contribution < -0.4 is 0 Å². The summed E-state index contributed by atoms with van der Waals surface area (Å²) in [5, 5.41) is 5.69. The Bertz CT molecular complexity index is 1270. The zero-order valence-corrected chi connectivity index (χ0v) is 19.6. The van der Waals surface area contributed by atoms with Crippen LogP contribution in [0.5, 0.6) is 0 Å². The molecule has 1 N–H and O–H groups in total. The van der Waals surface area contributed by atoms with E-state index >= 15 is 0 Å². The van der Waals surface area contributed by atoms with Crippen LogP contribution in [0.1, 0.15) is 42.6 Å². The van der Waals surface area contributed by atoms with Crippen LogP contribution in [0.15, 0.2) is 55.0 Å². The molecule has 1 fully saturated rings. The van der Waals surface area contributed by atoms with Crippen LogP contribution in [0, 0.1) is 19.8 Å². The second-order valence-electron chi connectivity index (χ2n) is 9.40. The normalized spacial score (nSPS) is 17.4. The van der Waals surface area contributed by atoms with E-state index in [1.807, 2.05) is 43.2 Å². The summed E-state index contributed by atoms with van der Waals surface area (Å²) in [7, 11) is 0. The van der Waals surface area contributed by atoms with Crippen molar-refractivity contribution >= 4 is 16.8 Å². The van der Waals surface area contributed by atoms with Gasteiger partial charge in [0.1, 0.15) is 0 Å². The predicted octanol–water partition coefficient (Wildman–Crippen LogP) is 5.09. The first-order chi connectivity index (χ1) is 16.0. The van der Waals surface area contributed by atoms with E-state index in [4.69, 9.17) is 0 Å². The van der Waals surface area contributed by atoms with Crippen LogP contribution in [0.25, 0.3) is 22.0 Å². The smallest absolute Gasteiger partial charge is 0.227 e. The molecule has 6 heteroatoms. The highest BCUT2D eigenvalue weighted by Gasteiger charge is 2.30. The van der Waals surface area contributed by atoms with Gasteiger partial charge in [-0.25, -0.2) is 0 Å². The molecule has 4 aromatic rings. The number of nitrogens with zero attached hydrogens (tertiary/aromatic N) is 4. The van der Waals surface area contributed by atoms with Crippen molar-refractivity contribution in [3.8, 4) is 11.1 Å². The van der Waals surface area contributed by atoms with E-state index in [9.17, 15) is 4.79 Å². The standard InChI is InChI=1S/C27H31N5O/c1-18-6-7-24-23(15-18)25(21-8-11-28-12-9-21)26(29-24)22-5-4-13-31(17-22)27(33)19(2)16-32-14-10-20(3)30-32/h6-12,14-15,19,22,29H,4-5,13,16-17H2,1-3H3/t19-,22+/m1/s1. The van der Waals surface area contributed by atoms with Gasteiger partial charge >= 0.3 is 0 Å². The summed E-state index contributed by atoms with van der Waals surface area (Å²) in [6.45, 7) is 8.29. The molecule has 0 bridgehead atoms. The highest BCUT2D eigenvalue weighted by Crippen LogP contribution is 2.39. The first-order valence-corrected chi connectivity index (χ1v) is 11.8. The lowest BCUT2D eigenvalue weighted by molar-refractivity contribution is -0.136. The molecule has 33 heavy (non-hydrogen) atoms. The van der Waals surface area contributed by atoms with Gasteiger partial charge in [-0.1, -0.05) is 18.6 Å². The highest BCUT2D eigenvalue weighted by atomic mass is 16.2. The molecule has 1 amide bonds. The summed E-state index contributed by atoms with van der Waals surface area (Å²) >= 11 is 0. The van der Waals surface area contributed by atoms with Gasteiger partial charge in [0.2, 0.25) is 5.91 Å². The molecule has 0 spiro atoms. The van der Waals surface area contributed by atoms with Crippen LogP contribution >= 0.6 is 0 Å². The largest absolute Gasteiger partial charge is 0.358 e. The number of aromatic nitrogens is 4. The van der Waals surface area contributed by atoms with Gasteiger partial charge < -0.3 is 9.88 Å². The molecule has 0 radical (unpaired) electrons. The number of aromatic amines is 1. The summed E-state index contributed by atoms with van der Waals surface area (Å²) in [5.41, 5.74) is 7.01. The van der Waals surface area contributed by atoms with Crippen LogP contribution in [-0.4, -0.2) is 43.6 Å². The number of rotatable bonds is 5. The number of hydrogen-bond donors (Lipinski definition) is 1. The molecular formula is C27H31N5O. The fourth-order valence-corrected chi connectivity index (χ4v) is 5.11. The zero-order valence-electron chi connectivity index (χ0n) is 19.6. The van der Waals surface area contributed by atoms with Crippen molar-refractivity contribution in [2.75, 3.05) is 13.1 Å². The summed E-state index contributed by atoms with van der Waals surface area (Å²) < 4.78 is 1.88. The molecule has 1 aliphatic heterocycles. The summed E-state index contributed by atoms with van der Waals surface area (Å²) in [6.07, 6.45) is 7.73. The highest BCUT2D eigenvalue weighted by molar-refractivity contribution is 5.98. The number of benzene rings is 1. The molecule has 170 valence electrons. The third-order valence-corrected chi connectivity index (χ3v) is 6.75. The fraction of sp³-hybridized carbons (Fsp3) is 0.370. The second kappa shape index (κ2) is 8.85. The number of piperidine rings is 1. The molecule has 2 atom stereocenters. The number of carbonyl (C=O) groups is 1. The quantitative estimate of drug-likeness (QED) is 0.469. The molecule has 0 saturated carbocycles. The number of H-pyrrole nitrogens is 1. The number of fused-ring (bicyclic) bond motifs is 1. The number of likely N-dealkylation sites (tertiary alicyclic amines) is 1. The van der Waals surface area contributed by atoms with E-state index in [0.29, 0.717) is 6.54 Å². The SMILES string of the molecule is Cc1ccc2[nH]c([C@H]3CCCN(C(=O)[C@H](C)Cn4ccc(C)n4)C3)c(-c3ccncc3)c2c1. The van der Waals surface area contributed by atoms with Crippen molar-refractivity contribution < 1.29 is 4.79 Å². The van der Waals surface area contributed by atoms with Gasteiger partial charge in [0.15, 0.2) is 0 Å². The maximum atomic E-state index is 13.3. The van der Waals surface area contributed by atoms with Crippen LogP contribution in [0.2, 0.25) is 0 Å². The molecule has 5 rings (SSSR count). The van der Waals surface area contributed by atoms with Gasteiger partial charge in [-0.15, -0.1) is 0 Å². The monoisotopic (exact) mass is 441 g/mol. The van der Waals surface area contributed by atoms with E-state index in [2.05, 4.69) is 57.2 Å². The minimum atomic E-state index is -0.104. The van der Waals surface area contributed by atoms with E-state index < -0.39 is 0 Å². The molecule has 1 saturated heterocycles. The molecule has 6 nitrogen and oxygen atoms in total. The number of aryl methyl sites for hydroxylation is 2. The maximum absolute atomic E-state index is 13.3. The number of carbonyl (C=O) groups excluding carboxylic acids is 1. The lowest BCUT2D eigenvalue weighted by atomic mass is 9.89. The van der Waals surface area contributed by atoms with E-state index in [1.165, 1.54) is 27.8 Å². The topological polar surface area (TPSA) is 66.8 Å². The molecule has 0 unspecified atom stereocenters. The van der Waals surface area contributed by atoms with Crippen molar-refractivity contribution in [2.24, 2.45) is 5.92 Å². The lowest BCUT2D eigenvalue weighted by Crippen LogP contribution is -2.42. The first kappa shape index (κ1) is 21.4. The molecular weight excluding hydrogens is 410 g/mol. The Labute approximate surface area is 194 Å². The minimum Gasteiger partial charge on any atom is -0.358 e. The van der Waals surface area contributed by atoms with Crippen molar-refractivity contribution in [1.82, 2.24) is 24.6 Å². The average molecular weight is 442 g/mol. The van der Waals surface area contributed by atoms with Crippen molar-refractivity contribution in [3.05, 3.63) is 71.9 Å². The average Bonchev–Trinajstić information content (AvgIpc) is 3.41. The van der Waals surface area contributed by atoms with Crippen LogP contribution in [0.4, 0.5) is 0 Å². The first-order valence-electron chi connectivity index (χ1n) is 11.8. The van der Waals surface area contributed by atoms with E-state index in [0.717, 1.165) is 37.1 Å². The second-order valence-corrected chi connectivity index (χ2v) is 9.40. The fourth-order valence-electron chi connectivity index (χ4n) is 5.11. The predicted molar refractivity (Wildman–Crippen MR) is 131 cm³/mol. The number of nitrogens with one attached hydrogen (secondary N) is 1. The Balaban J connectivity index is 1.43. The number of amides is 1. The zero-order chi connectivity index (χ0) is 22.9. The summed E-state index contributed by atoms with van der Waals surface area (Å²) in [6, 6.07) is 12.7. The van der Waals surface area contributed by atoms with Crippen LogP contribution in [-0.2, 0) is 11.3 Å². The Morgan fingerprint density at radius 1 is 1.18 bits per heavy atom. The Morgan fingerprint density at radius 3 is 2.76 bits per heavy atom. The molecule has 1 aromatic carbocycles. The van der Waals surface area contributed by atoms with Gasteiger partial charge in [0, 0.05) is 59.8 Å². The van der Waals surface area contributed by atoms with Crippen LogP contribution in [0.3, 0.4) is 0 Å². The minimum absolute atomic E-state index is 0.104. The number of pyridine rings is 1. The van der Waals surface area contributed by atoms with Gasteiger partial charge in [0.25, 0.3) is 0 Å². The Hall–Kier alpha value is -3.41. The summed E-state index contributed by atoms with van der Waals surface area (Å²) in [5.74, 6) is 0.385. The Morgan fingerprint density at radius 2 is 2.00 bits per heavy atom. The van der Waals surface area contributed by atoms with Crippen molar-refractivity contribution in [3.63, 3.8) is 0 Å². The molecule has 0 aliphatic carbocycles. The third-order valence-electron chi connectivity index (χ3n) is 6.75. The molecule has 4 heterocycles. The van der Waals surface area contributed by atoms with E-state index in [-0.39, 0.29) is 17.7 Å².